The van der Waals surface area contributed by atoms with Gasteiger partial charge in [0.2, 0.25) is 23.6 Å². The molecule has 35 heavy (non-hydrogen) atoms. The highest BCUT2D eigenvalue weighted by atomic mass is 32.2. The number of carbonyl (C=O) groups is 5. The fourth-order valence-electron chi connectivity index (χ4n) is 3.43. The van der Waals surface area contributed by atoms with E-state index in [9.17, 15) is 29.1 Å². The summed E-state index contributed by atoms with van der Waals surface area (Å²) in [5.74, 6) is -3.76. The van der Waals surface area contributed by atoms with Crippen molar-refractivity contribution in [2.24, 2.45) is 11.5 Å². The van der Waals surface area contributed by atoms with Gasteiger partial charge in [0, 0.05) is 23.5 Å². The first kappa shape index (κ1) is 27.7. The predicted molar refractivity (Wildman–Crippen MR) is 131 cm³/mol. The number of thioether (sulfide) groups is 1. The molecule has 0 saturated heterocycles. The number of carboxylic acid groups (broad SMARTS) is 1. The maximum absolute atomic E-state index is 13.1. The second-order valence-electron chi connectivity index (χ2n) is 7.80. The average Bonchev–Trinajstić information content (AvgIpc) is 3.22. The monoisotopic (exact) mass is 506 g/mol. The molecule has 0 aliphatic heterocycles. The number of nitrogens with one attached hydrogen (secondary N) is 4. The van der Waals surface area contributed by atoms with Gasteiger partial charge in [-0.05, 0) is 30.1 Å². The van der Waals surface area contributed by atoms with Gasteiger partial charge in [-0.1, -0.05) is 18.2 Å². The molecule has 0 spiro atoms. The van der Waals surface area contributed by atoms with Gasteiger partial charge in [0.1, 0.15) is 18.1 Å². The van der Waals surface area contributed by atoms with Crippen LogP contribution in [0.2, 0.25) is 0 Å². The van der Waals surface area contributed by atoms with Crippen LogP contribution in [0.15, 0.2) is 30.5 Å². The van der Waals surface area contributed by atoms with E-state index in [0.29, 0.717) is 17.7 Å². The molecule has 1 heterocycles. The van der Waals surface area contributed by atoms with Gasteiger partial charge in [0.25, 0.3) is 0 Å². The van der Waals surface area contributed by atoms with E-state index in [1.165, 1.54) is 11.8 Å². The first-order valence-corrected chi connectivity index (χ1v) is 12.2. The summed E-state index contributed by atoms with van der Waals surface area (Å²) >= 11 is 1.47. The highest BCUT2D eigenvalue weighted by molar-refractivity contribution is 7.98. The maximum Gasteiger partial charge on any atom is 0.326 e. The average molecular weight is 507 g/mol. The third-order valence-corrected chi connectivity index (χ3v) is 5.84. The van der Waals surface area contributed by atoms with Crippen LogP contribution in [0.5, 0.6) is 0 Å². The Balaban J connectivity index is 2.31. The highest BCUT2D eigenvalue weighted by Crippen LogP contribution is 2.19. The van der Waals surface area contributed by atoms with Crippen molar-refractivity contribution in [1.82, 2.24) is 20.9 Å². The molecule has 190 valence electrons. The third kappa shape index (κ3) is 8.30. The second kappa shape index (κ2) is 13.3. The van der Waals surface area contributed by atoms with Crippen LogP contribution in [0.4, 0.5) is 0 Å². The van der Waals surface area contributed by atoms with Crippen LogP contribution in [-0.2, 0) is 30.4 Å². The van der Waals surface area contributed by atoms with Crippen molar-refractivity contribution in [2.75, 3.05) is 18.6 Å². The minimum absolute atomic E-state index is 0.0184. The van der Waals surface area contributed by atoms with E-state index < -0.39 is 54.1 Å². The number of hydrogen-bond acceptors (Lipinski definition) is 7. The van der Waals surface area contributed by atoms with E-state index in [4.69, 9.17) is 11.5 Å². The van der Waals surface area contributed by atoms with Crippen LogP contribution in [0.3, 0.4) is 0 Å². The van der Waals surface area contributed by atoms with Gasteiger partial charge < -0.3 is 37.5 Å². The Morgan fingerprint density at radius 3 is 2.31 bits per heavy atom. The lowest BCUT2D eigenvalue weighted by molar-refractivity contribution is -0.143. The van der Waals surface area contributed by atoms with E-state index in [1.54, 1.807) is 6.20 Å². The lowest BCUT2D eigenvalue weighted by Gasteiger charge is -2.24. The number of benzene rings is 1. The quantitative estimate of drug-likeness (QED) is 0.166. The summed E-state index contributed by atoms with van der Waals surface area (Å²) in [5.41, 5.74) is 12.0. The molecule has 0 aliphatic carbocycles. The minimum Gasteiger partial charge on any atom is -0.480 e. The normalized spacial score (nSPS) is 13.4. The molecule has 3 atom stereocenters. The van der Waals surface area contributed by atoms with E-state index in [2.05, 4.69) is 20.9 Å². The van der Waals surface area contributed by atoms with Gasteiger partial charge in [-0.25, -0.2) is 4.79 Å². The largest absolute Gasteiger partial charge is 0.480 e. The first-order valence-electron chi connectivity index (χ1n) is 10.8. The number of para-hydroxylation sites is 1. The number of carboxylic acids is 1. The Morgan fingerprint density at radius 1 is 1.03 bits per heavy atom. The van der Waals surface area contributed by atoms with Crippen LogP contribution >= 0.6 is 11.8 Å². The number of aliphatic carboxylic acids is 1. The number of fused-ring (bicyclic) bond motifs is 1. The van der Waals surface area contributed by atoms with Crippen LogP contribution in [0.1, 0.15) is 18.4 Å². The van der Waals surface area contributed by atoms with E-state index in [1.807, 2.05) is 30.5 Å². The number of nitrogens with two attached hydrogens (primary N) is 2. The predicted octanol–water partition coefficient (Wildman–Crippen LogP) is -1.16. The number of primary amides is 1. The van der Waals surface area contributed by atoms with Gasteiger partial charge in [-0.15, -0.1) is 0 Å². The van der Waals surface area contributed by atoms with Crippen molar-refractivity contribution >= 4 is 52.3 Å². The molecular formula is C22H30N6O6S. The van der Waals surface area contributed by atoms with E-state index >= 15 is 0 Å². The number of aromatic nitrogens is 1. The number of carbonyl (C=O) groups excluding carboxylic acids is 4. The van der Waals surface area contributed by atoms with Gasteiger partial charge in [-0.3, -0.25) is 19.2 Å². The molecule has 4 amide bonds. The lowest BCUT2D eigenvalue weighted by Crippen LogP contribution is -2.57. The molecule has 2 aromatic rings. The summed E-state index contributed by atoms with van der Waals surface area (Å²) in [6.07, 6.45) is 3.23. The number of amides is 4. The highest BCUT2D eigenvalue weighted by Gasteiger charge is 2.30. The van der Waals surface area contributed by atoms with Crippen molar-refractivity contribution in [1.29, 1.82) is 0 Å². The summed E-state index contributed by atoms with van der Waals surface area (Å²) < 4.78 is 0. The molecule has 0 fully saturated rings. The van der Waals surface area contributed by atoms with Crippen LogP contribution in [0, 0.1) is 0 Å². The fraction of sp³-hybridized carbons (Fsp3) is 0.409. The number of H-pyrrole nitrogens is 1. The zero-order chi connectivity index (χ0) is 26.0. The molecule has 13 heteroatoms. The van der Waals surface area contributed by atoms with Crippen LogP contribution < -0.4 is 27.4 Å². The summed E-state index contributed by atoms with van der Waals surface area (Å²) in [6.45, 7) is -0.310. The Bertz CT molecular complexity index is 1070. The second-order valence-corrected chi connectivity index (χ2v) is 8.79. The molecular weight excluding hydrogens is 476 g/mol. The zero-order valence-electron chi connectivity index (χ0n) is 19.2. The number of rotatable bonds is 14. The van der Waals surface area contributed by atoms with Crippen molar-refractivity contribution in [2.45, 2.75) is 37.4 Å². The lowest BCUT2D eigenvalue weighted by atomic mass is 10.0. The van der Waals surface area contributed by atoms with E-state index in [-0.39, 0.29) is 13.0 Å². The molecule has 9 N–H and O–H groups in total. The zero-order valence-corrected chi connectivity index (χ0v) is 20.0. The van der Waals surface area contributed by atoms with Crippen molar-refractivity contribution < 1.29 is 29.1 Å². The summed E-state index contributed by atoms with van der Waals surface area (Å²) in [5, 5.41) is 17.6. The molecule has 1 aromatic carbocycles. The summed E-state index contributed by atoms with van der Waals surface area (Å²) in [6, 6.07) is 3.63. The Morgan fingerprint density at radius 2 is 1.69 bits per heavy atom. The smallest absolute Gasteiger partial charge is 0.326 e. The number of hydrogen-bond donors (Lipinski definition) is 7. The maximum atomic E-state index is 13.1. The Kier molecular flexibility index (Phi) is 10.5. The standard InChI is InChI=1S/C22H30N6O6S/c1-35-7-6-15(26-19(30)10-23)20(31)27-16(21(32)28-17(22(33)34)9-18(24)29)8-12-11-25-14-5-3-2-4-13(12)14/h2-5,11,15-17,25H,6-10,23H2,1H3,(H2,24,29)(H,26,30)(H,27,31)(H,28,32)(H,33,34). The van der Waals surface area contributed by atoms with Crippen LogP contribution in [0.25, 0.3) is 10.9 Å². The van der Waals surface area contributed by atoms with Gasteiger partial charge in [-0.2, -0.15) is 11.8 Å². The van der Waals surface area contributed by atoms with Crippen LogP contribution in [-0.4, -0.2) is 76.4 Å². The Labute approximate surface area is 205 Å². The molecule has 2 rings (SSSR count). The Hall–Kier alpha value is -3.58. The van der Waals surface area contributed by atoms with Gasteiger partial charge in [0.15, 0.2) is 0 Å². The molecule has 3 unspecified atom stereocenters. The molecule has 0 bridgehead atoms. The molecule has 12 nitrogen and oxygen atoms in total. The fourth-order valence-corrected chi connectivity index (χ4v) is 3.90. The first-order chi connectivity index (χ1) is 16.7. The molecule has 0 saturated carbocycles. The van der Waals surface area contributed by atoms with E-state index in [0.717, 1.165) is 10.9 Å². The minimum atomic E-state index is -1.56. The number of aromatic amines is 1. The summed E-state index contributed by atoms with van der Waals surface area (Å²) in [7, 11) is 0. The SMILES string of the molecule is CSCCC(NC(=O)CN)C(=O)NC(Cc1c[nH]c2ccccc12)C(=O)NC(CC(N)=O)C(=O)O. The van der Waals surface area contributed by atoms with Crippen molar-refractivity contribution in [3.63, 3.8) is 0 Å². The van der Waals surface area contributed by atoms with Crippen molar-refractivity contribution in [3.8, 4) is 0 Å². The topological polar surface area (TPSA) is 209 Å². The molecule has 0 aliphatic rings. The molecule has 1 aromatic heterocycles. The van der Waals surface area contributed by atoms with Crippen molar-refractivity contribution in [3.05, 3.63) is 36.0 Å². The third-order valence-electron chi connectivity index (χ3n) is 5.20. The summed E-state index contributed by atoms with van der Waals surface area (Å²) in [4.78, 5) is 63.8. The molecule has 0 radical (unpaired) electrons. The van der Waals surface area contributed by atoms with Gasteiger partial charge in [0.05, 0.1) is 13.0 Å². The van der Waals surface area contributed by atoms with Gasteiger partial charge >= 0.3 is 5.97 Å².